The van der Waals surface area contributed by atoms with Crippen molar-refractivity contribution in [2.24, 2.45) is 0 Å². The summed E-state index contributed by atoms with van der Waals surface area (Å²) in [4.78, 5) is 28.2. The van der Waals surface area contributed by atoms with Crippen LogP contribution in [-0.2, 0) is 28.6 Å². The highest BCUT2D eigenvalue weighted by Gasteiger charge is 2.38. The molecule has 0 aromatic heterocycles. The van der Waals surface area contributed by atoms with Crippen LogP contribution in [0.3, 0.4) is 0 Å². The first kappa shape index (κ1) is 27.8. The maximum absolute atomic E-state index is 14.1. The molecule has 0 bridgehead atoms. The van der Waals surface area contributed by atoms with Crippen molar-refractivity contribution in [3.63, 3.8) is 0 Å². The number of nitrogens with zero attached hydrogens (tertiary/aromatic N) is 2. The standard InChI is InChI=1S/C24H36F3N3O4/c1-7-16-18(19(24(25,26)27)12-17(20(16)28)21(31)33-8-2)14-30-11-9-10-15(13-30)29(6)22(32)34-23(3,4)5/h12,15H,7-11,13-14,28H2,1-6H3/t15-/m0/s1. The summed E-state index contributed by atoms with van der Waals surface area (Å²) in [5, 5.41) is 0. The molecule has 0 saturated carbocycles. The SMILES string of the molecule is CCOC(=O)c1cc(C(F)(F)F)c(CN2CCC[C@H](N(C)C(=O)OC(C)(C)C)C2)c(CC)c1N. The summed E-state index contributed by atoms with van der Waals surface area (Å²) in [6, 6.07) is 0.606. The van der Waals surface area contributed by atoms with Crippen molar-refractivity contribution in [3.05, 3.63) is 28.3 Å². The lowest BCUT2D eigenvalue weighted by Crippen LogP contribution is -2.49. The monoisotopic (exact) mass is 487 g/mol. The van der Waals surface area contributed by atoms with Crippen LogP contribution in [-0.4, -0.2) is 60.2 Å². The number of carbonyl (C=O) groups is 2. The van der Waals surface area contributed by atoms with Gasteiger partial charge in [0.05, 0.1) is 17.7 Å². The zero-order valence-corrected chi connectivity index (χ0v) is 20.8. The lowest BCUT2D eigenvalue weighted by Gasteiger charge is -2.38. The highest BCUT2D eigenvalue weighted by molar-refractivity contribution is 5.96. The number of benzene rings is 1. The number of ether oxygens (including phenoxy) is 2. The molecule has 2 N–H and O–H groups in total. The number of likely N-dealkylation sites (N-methyl/N-ethyl adjacent to an activating group) is 1. The number of anilines is 1. The van der Waals surface area contributed by atoms with E-state index in [1.807, 2.05) is 4.90 Å². The van der Waals surface area contributed by atoms with Gasteiger partial charge in [0.25, 0.3) is 0 Å². The minimum Gasteiger partial charge on any atom is -0.462 e. The number of esters is 1. The highest BCUT2D eigenvalue weighted by atomic mass is 19.4. The molecule has 192 valence electrons. The van der Waals surface area contributed by atoms with E-state index in [4.69, 9.17) is 15.2 Å². The minimum absolute atomic E-state index is 0.00395. The summed E-state index contributed by atoms with van der Waals surface area (Å²) in [7, 11) is 1.65. The number of carbonyl (C=O) groups excluding carboxylic acids is 2. The summed E-state index contributed by atoms with van der Waals surface area (Å²) < 4.78 is 52.6. The molecule has 1 fully saturated rings. The molecular formula is C24H36F3N3O4. The Bertz CT molecular complexity index is 897. The van der Waals surface area contributed by atoms with Crippen molar-refractivity contribution in [2.75, 3.05) is 32.5 Å². The highest BCUT2D eigenvalue weighted by Crippen LogP contribution is 2.39. The fraction of sp³-hybridized carbons (Fsp3) is 0.667. The van der Waals surface area contributed by atoms with Crippen molar-refractivity contribution < 1.29 is 32.2 Å². The summed E-state index contributed by atoms with van der Waals surface area (Å²) in [6.45, 7) is 9.64. The van der Waals surface area contributed by atoms with Crippen molar-refractivity contribution in [1.82, 2.24) is 9.80 Å². The van der Waals surface area contributed by atoms with Crippen LogP contribution in [0.15, 0.2) is 6.07 Å². The second-order valence-corrected chi connectivity index (χ2v) is 9.54. The summed E-state index contributed by atoms with van der Waals surface area (Å²) >= 11 is 0. The number of hydrogen-bond donors (Lipinski definition) is 1. The molecule has 1 aliphatic heterocycles. The van der Waals surface area contributed by atoms with E-state index in [2.05, 4.69) is 0 Å². The van der Waals surface area contributed by atoms with Gasteiger partial charge in [-0.25, -0.2) is 9.59 Å². The van der Waals surface area contributed by atoms with Gasteiger partial charge in [0.2, 0.25) is 0 Å². The number of hydrogen-bond acceptors (Lipinski definition) is 6. The molecular weight excluding hydrogens is 451 g/mol. The smallest absolute Gasteiger partial charge is 0.416 e. The van der Waals surface area contributed by atoms with E-state index in [9.17, 15) is 22.8 Å². The fourth-order valence-corrected chi connectivity index (χ4v) is 4.21. The molecule has 1 heterocycles. The molecule has 0 aliphatic carbocycles. The number of likely N-dealkylation sites (tertiary alicyclic amines) is 1. The third-order valence-electron chi connectivity index (χ3n) is 5.84. The van der Waals surface area contributed by atoms with Gasteiger partial charge in [-0.15, -0.1) is 0 Å². The second-order valence-electron chi connectivity index (χ2n) is 9.54. The van der Waals surface area contributed by atoms with Gasteiger partial charge in [-0.1, -0.05) is 6.92 Å². The summed E-state index contributed by atoms with van der Waals surface area (Å²) in [5.74, 6) is -0.872. The zero-order chi connectivity index (χ0) is 25.8. The minimum atomic E-state index is -4.67. The fourth-order valence-electron chi connectivity index (χ4n) is 4.21. The Balaban J connectivity index is 2.37. The van der Waals surface area contributed by atoms with Crippen LogP contribution in [0, 0.1) is 0 Å². The predicted octanol–water partition coefficient (Wildman–Crippen LogP) is 4.86. The van der Waals surface area contributed by atoms with Crippen LogP contribution < -0.4 is 5.73 Å². The van der Waals surface area contributed by atoms with Gasteiger partial charge in [0.15, 0.2) is 0 Å². The normalized spacial score (nSPS) is 17.4. The molecule has 1 saturated heterocycles. The van der Waals surface area contributed by atoms with Gasteiger partial charge in [0.1, 0.15) is 5.60 Å². The van der Waals surface area contributed by atoms with Crippen LogP contribution in [0.2, 0.25) is 0 Å². The average Bonchev–Trinajstić information content (AvgIpc) is 2.71. The number of nitrogens with two attached hydrogens (primary N) is 1. The second kappa shape index (κ2) is 10.8. The first-order chi connectivity index (χ1) is 15.7. The lowest BCUT2D eigenvalue weighted by atomic mass is 9.92. The van der Waals surface area contributed by atoms with E-state index in [0.29, 0.717) is 18.7 Å². The number of halogens is 3. The van der Waals surface area contributed by atoms with E-state index in [0.717, 1.165) is 18.9 Å². The van der Waals surface area contributed by atoms with Gasteiger partial charge < -0.3 is 20.1 Å². The molecule has 1 aromatic rings. The third kappa shape index (κ3) is 6.77. The number of piperidine rings is 1. The molecule has 10 heteroatoms. The Morgan fingerprint density at radius 3 is 2.38 bits per heavy atom. The maximum atomic E-state index is 14.1. The molecule has 34 heavy (non-hydrogen) atoms. The Morgan fingerprint density at radius 1 is 1.21 bits per heavy atom. The van der Waals surface area contributed by atoms with E-state index >= 15 is 0 Å². The third-order valence-corrected chi connectivity index (χ3v) is 5.84. The quantitative estimate of drug-likeness (QED) is 0.456. The van der Waals surface area contributed by atoms with Gasteiger partial charge >= 0.3 is 18.2 Å². The molecule has 0 radical (unpaired) electrons. The molecule has 0 spiro atoms. The molecule has 1 aromatic carbocycles. The Labute approximate surface area is 199 Å². The van der Waals surface area contributed by atoms with Crippen LogP contribution in [0.4, 0.5) is 23.7 Å². The Hall–Kier alpha value is -2.49. The Kier molecular flexibility index (Phi) is 8.85. The van der Waals surface area contributed by atoms with Gasteiger partial charge in [-0.3, -0.25) is 4.90 Å². The number of nitrogen functional groups attached to an aromatic ring is 1. The van der Waals surface area contributed by atoms with Crippen LogP contribution >= 0.6 is 0 Å². The van der Waals surface area contributed by atoms with E-state index in [-0.39, 0.29) is 42.4 Å². The van der Waals surface area contributed by atoms with Gasteiger partial charge in [-0.2, -0.15) is 13.2 Å². The van der Waals surface area contributed by atoms with E-state index in [1.54, 1.807) is 41.7 Å². The molecule has 1 aliphatic rings. The first-order valence-corrected chi connectivity index (χ1v) is 11.6. The molecule has 1 amide bonds. The van der Waals surface area contributed by atoms with E-state index in [1.165, 1.54) is 4.90 Å². The Morgan fingerprint density at radius 2 is 1.85 bits per heavy atom. The predicted molar refractivity (Wildman–Crippen MR) is 123 cm³/mol. The largest absolute Gasteiger partial charge is 0.462 e. The summed E-state index contributed by atoms with van der Waals surface area (Å²) in [5.41, 5.74) is 4.73. The lowest BCUT2D eigenvalue weighted by molar-refractivity contribution is -0.138. The topological polar surface area (TPSA) is 85.1 Å². The van der Waals surface area contributed by atoms with Crippen molar-refractivity contribution >= 4 is 17.7 Å². The molecule has 0 unspecified atom stereocenters. The van der Waals surface area contributed by atoms with Crippen LogP contribution in [0.1, 0.15) is 74.5 Å². The van der Waals surface area contributed by atoms with Crippen LogP contribution in [0.25, 0.3) is 0 Å². The van der Waals surface area contributed by atoms with Gasteiger partial charge in [-0.05, 0) is 70.7 Å². The molecule has 2 rings (SSSR count). The van der Waals surface area contributed by atoms with Crippen molar-refractivity contribution in [2.45, 2.75) is 78.2 Å². The number of alkyl halides is 3. The van der Waals surface area contributed by atoms with Gasteiger partial charge in [0, 0.05) is 31.9 Å². The number of amides is 1. The van der Waals surface area contributed by atoms with E-state index < -0.39 is 29.4 Å². The number of rotatable bonds is 6. The molecule has 1 atom stereocenters. The maximum Gasteiger partial charge on any atom is 0.416 e. The van der Waals surface area contributed by atoms with Crippen molar-refractivity contribution in [1.29, 1.82) is 0 Å². The first-order valence-electron chi connectivity index (χ1n) is 11.6. The zero-order valence-electron chi connectivity index (χ0n) is 20.8. The molecule has 7 nitrogen and oxygen atoms in total. The summed E-state index contributed by atoms with van der Waals surface area (Å²) in [6.07, 6.45) is -3.46. The van der Waals surface area contributed by atoms with Crippen molar-refractivity contribution in [3.8, 4) is 0 Å². The van der Waals surface area contributed by atoms with Crippen LogP contribution in [0.5, 0.6) is 0 Å². The average molecular weight is 488 g/mol.